The van der Waals surface area contributed by atoms with Crippen LogP contribution in [0.3, 0.4) is 0 Å². The highest BCUT2D eigenvalue weighted by atomic mass is 127. The van der Waals surface area contributed by atoms with Gasteiger partial charge in [-0.1, -0.05) is 50.1 Å². The predicted octanol–water partition coefficient (Wildman–Crippen LogP) is 5.83. The molecule has 3 rings (SSSR count). The van der Waals surface area contributed by atoms with Crippen molar-refractivity contribution in [2.24, 2.45) is 0 Å². The Labute approximate surface area is 140 Å². The molecule has 0 atom stereocenters. The SMILES string of the molecule is Clc1nc(C2CCCCC2)c(I)nc1C1CCCCC1. The Morgan fingerprint density at radius 3 is 1.80 bits per heavy atom. The monoisotopic (exact) mass is 404 g/mol. The standard InChI is InChI=1S/C16H22ClIN2/c17-15-13(11-7-3-1-4-8-11)20-16(18)14(19-15)12-9-5-2-6-10-12/h11-12H,1-10H2. The molecule has 0 spiro atoms. The van der Waals surface area contributed by atoms with E-state index in [2.05, 4.69) is 22.6 Å². The third-order valence-electron chi connectivity index (χ3n) is 4.84. The molecule has 1 aromatic rings. The van der Waals surface area contributed by atoms with Crippen LogP contribution in [0.4, 0.5) is 0 Å². The lowest BCUT2D eigenvalue weighted by Crippen LogP contribution is -2.14. The van der Waals surface area contributed by atoms with Crippen LogP contribution >= 0.6 is 34.2 Å². The number of halogens is 2. The van der Waals surface area contributed by atoms with E-state index in [1.165, 1.54) is 64.2 Å². The Morgan fingerprint density at radius 1 is 0.750 bits per heavy atom. The molecule has 0 unspecified atom stereocenters. The molecule has 0 N–H and O–H groups in total. The van der Waals surface area contributed by atoms with Crippen molar-refractivity contribution in [1.29, 1.82) is 0 Å². The second-order valence-electron chi connectivity index (χ2n) is 6.25. The minimum Gasteiger partial charge on any atom is -0.241 e. The highest BCUT2D eigenvalue weighted by Gasteiger charge is 2.25. The molecule has 20 heavy (non-hydrogen) atoms. The highest BCUT2D eigenvalue weighted by molar-refractivity contribution is 14.1. The van der Waals surface area contributed by atoms with Gasteiger partial charge in [0.25, 0.3) is 0 Å². The fourth-order valence-electron chi connectivity index (χ4n) is 3.69. The van der Waals surface area contributed by atoms with E-state index in [-0.39, 0.29) is 0 Å². The Hall–Kier alpha value is 0.1000. The molecule has 2 nitrogen and oxygen atoms in total. The molecule has 0 saturated heterocycles. The van der Waals surface area contributed by atoms with E-state index in [1.54, 1.807) is 0 Å². The maximum Gasteiger partial charge on any atom is 0.151 e. The molecule has 0 amide bonds. The van der Waals surface area contributed by atoms with Crippen LogP contribution in [0, 0.1) is 3.70 Å². The van der Waals surface area contributed by atoms with E-state index >= 15 is 0 Å². The summed E-state index contributed by atoms with van der Waals surface area (Å²) in [5.41, 5.74) is 2.23. The smallest absolute Gasteiger partial charge is 0.151 e. The van der Waals surface area contributed by atoms with Gasteiger partial charge in [-0.25, -0.2) is 9.97 Å². The van der Waals surface area contributed by atoms with Crippen molar-refractivity contribution in [3.05, 3.63) is 20.2 Å². The quantitative estimate of drug-likeness (QED) is 0.580. The van der Waals surface area contributed by atoms with Crippen molar-refractivity contribution >= 4 is 34.2 Å². The molecule has 1 aromatic heterocycles. The molecule has 110 valence electrons. The van der Waals surface area contributed by atoms with Gasteiger partial charge < -0.3 is 0 Å². The first-order valence-electron chi connectivity index (χ1n) is 7.98. The summed E-state index contributed by atoms with van der Waals surface area (Å²) in [7, 11) is 0. The Morgan fingerprint density at radius 2 is 1.25 bits per heavy atom. The lowest BCUT2D eigenvalue weighted by molar-refractivity contribution is 0.424. The summed E-state index contributed by atoms with van der Waals surface area (Å²) in [6.07, 6.45) is 13.0. The van der Waals surface area contributed by atoms with Gasteiger partial charge in [0, 0.05) is 11.8 Å². The molecule has 0 aliphatic heterocycles. The average Bonchev–Trinajstić information content (AvgIpc) is 2.51. The second kappa shape index (κ2) is 6.91. The number of rotatable bonds is 2. The third-order valence-corrected chi connectivity index (χ3v) is 5.92. The molecule has 2 fully saturated rings. The molecule has 0 radical (unpaired) electrons. The lowest BCUT2D eigenvalue weighted by atomic mass is 9.86. The first-order valence-corrected chi connectivity index (χ1v) is 9.44. The van der Waals surface area contributed by atoms with E-state index in [4.69, 9.17) is 21.6 Å². The van der Waals surface area contributed by atoms with Crippen LogP contribution in [0.1, 0.15) is 87.4 Å². The van der Waals surface area contributed by atoms with Crippen LogP contribution < -0.4 is 0 Å². The third kappa shape index (κ3) is 3.29. The van der Waals surface area contributed by atoms with Crippen LogP contribution in [-0.2, 0) is 0 Å². The molecule has 2 aliphatic carbocycles. The molecule has 1 heterocycles. The molecular formula is C16H22ClIN2. The Balaban J connectivity index is 1.85. The summed E-state index contributed by atoms with van der Waals surface area (Å²) in [5, 5.41) is 0.679. The lowest BCUT2D eigenvalue weighted by Gasteiger charge is -2.25. The van der Waals surface area contributed by atoms with E-state index < -0.39 is 0 Å². The van der Waals surface area contributed by atoms with Gasteiger partial charge in [-0.3, -0.25) is 0 Å². The maximum absolute atomic E-state index is 6.48. The minimum absolute atomic E-state index is 0.540. The van der Waals surface area contributed by atoms with Crippen molar-refractivity contribution in [2.45, 2.75) is 76.0 Å². The van der Waals surface area contributed by atoms with Crippen molar-refractivity contribution in [3.8, 4) is 0 Å². The van der Waals surface area contributed by atoms with Crippen molar-refractivity contribution < 1.29 is 0 Å². The van der Waals surface area contributed by atoms with E-state index in [0.29, 0.717) is 17.0 Å². The fraction of sp³-hybridized carbons (Fsp3) is 0.750. The van der Waals surface area contributed by atoms with Gasteiger partial charge in [0.2, 0.25) is 0 Å². The Kier molecular flexibility index (Phi) is 5.18. The summed E-state index contributed by atoms with van der Waals surface area (Å²) in [4.78, 5) is 9.63. The number of aromatic nitrogens is 2. The average molecular weight is 405 g/mol. The van der Waals surface area contributed by atoms with E-state index in [9.17, 15) is 0 Å². The van der Waals surface area contributed by atoms with Crippen LogP contribution in [-0.4, -0.2) is 9.97 Å². The molecule has 2 saturated carbocycles. The van der Waals surface area contributed by atoms with Gasteiger partial charge in [0.1, 0.15) is 3.70 Å². The minimum atomic E-state index is 0.540. The largest absolute Gasteiger partial charge is 0.241 e. The van der Waals surface area contributed by atoms with E-state index in [0.717, 1.165) is 15.1 Å². The van der Waals surface area contributed by atoms with Crippen LogP contribution in [0.25, 0.3) is 0 Å². The van der Waals surface area contributed by atoms with Gasteiger partial charge in [-0.15, -0.1) is 0 Å². The summed E-state index contributed by atoms with van der Waals surface area (Å²) in [6, 6.07) is 0. The normalized spacial score (nSPS) is 22.1. The van der Waals surface area contributed by atoms with Gasteiger partial charge in [-0.2, -0.15) is 0 Å². The van der Waals surface area contributed by atoms with Gasteiger partial charge in [0.15, 0.2) is 5.15 Å². The number of nitrogens with zero attached hydrogens (tertiary/aromatic N) is 2. The Bertz CT molecular complexity index is 422. The van der Waals surface area contributed by atoms with Gasteiger partial charge >= 0.3 is 0 Å². The number of hydrogen-bond acceptors (Lipinski definition) is 2. The maximum atomic E-state index is 6.48. The molecule has 0 aromatic carbocycles. The predicted molar refractivity (Wildman–Crippen MR) is 91.4 cm³/mol. The summed E-state index contributed by atoms with van der Waals surface area (Å²) in [5.74, 6) is 1.12. The summed E-state index contributed by atoms with van der Waals surface area (Å²) in [6.45, 7) is 0. The zero-order chi connectivity index (χ0) is 13.9. The molecule has 2 aliphatic rings. The van der Waals surface area contributed by atoms with Crippen LogP contribution in [0.2, 0.25) is 5.15 Å². The first kappa shape index (κ1) is 15.0. The zero-order valence-electron chi connectivity index (χ0n) is 11.9. The zero-order valence-corrected chi connectivity index (χ0v) is 14.8. The van der Waals surface area contributed by atoms with Gasteiger partial charge in [0.05, 0.1) is 11.4 Å². The topological polar surface area (TPSA) is 25.8 Å². The second-order valence-corrected chi connectivity index (χ2v) is 7.63. The van der Waals surface area contributed by atoms with Gasteiger partial charge in [-0.05, 0) is 48.3 Å². The summed E-state index contributed by atoms with van der Waals surface area (Å²) >= 11 is 8.85. The summed E-state index contributed by atoms with van der Waals surface area (Å²) < 4.78 is 1.10. The molecular weight excluding hydrogens is 383 g/mol. The van der Waals surface area contributed by atoms with Crippen LogP contribution in [0.15, 0.2) is 0 Å². The van der Waals surface area contributed by atoms with Crippen molar-refractivity contribution in [2.75, 3.05) is 0 Å². The van der Waals surface area contributed by atoms with E-state index in [1.807, 2.05) is 0 Å². The first-order chi connectivity index (χ1) is 9.75. The van der Waals surface area contributed by atoms with Crippen molar-refractivity contribution in [3.63, 3.8) is 0 Å². The van der Waals surface area contributed by atoms with Crippen LogP contribution in [0.5, 0.6) is 0 Å². The molecule has 0 bridgehead atoms. The fourth-order valence-corrected chi connectivity index (χ4v) is 4.80. The highest BCUT2D eigenvalue weighted by Crippen LogP contribution is 2.38. The van der Waals surface area contributed by atoms with Crippen molar-refractivity contribution in [1.82, 2.24) is 9.97 Å². The molecule has 4 heteroatoms. The number of hydrogen-bond donors (Lipinski definition) is 0.